The minimum atomic E-state index is -1.41. The Balaban J connectivity index is 1.39. The lowest BCUT2D eigenvalue weighted by Gasteiger charge is -2.34. The van der Waals surface area contributed by atoms with Crippen molar-refractivity contribution in [2.45, 2.75) is 50.9 Å². The maximum Gasteiger partial charge on any atom is 0.256 e. The molecular weight excluding hydrogens is 485 g/mol. The fourth-order valence-corrected chi connectivity index (χ4v) is 5.84. The number of aliphatic hydroxyl groups is 2. The minimum Gasteiger partial charge on any atom is -0.493 e. The highest BCUT2D eigenvalue weighted by atomic mass is 19.1. The summed E-state index contributed by atoms with van der Waals surface area (Å²) in [6.07, 6.45) is -0.494. The van der Waals surface area contributed by atoms with Crippen LogP contribution in [0.1, 0.15) is 48.1 Å². The molecule has 0 radical (unpaired) electrons. The van der Waals surface area contributed by atoms with E-state index in [1.807, 2.05) is 37.3 Å². The maximum atomic E-state index is 13.3. The van der Waals surface area contributed by atoms with Gasteiger partial charge in [0.1, 0.15) is 11.9 Å². The summed E-state index contributed by atoms with van der Waals surface area (Å²) in [5.74, 6) is 0.143. The Morgan fingerprint density at radius 3 is 2.29 bits per heavy atom. The Labute approximate surface area is 222 Å². The van der Waals surface area contributed by atoms with Gasteiger partial charge in [0.2, 0.25) is 0 Å². The second-order valence-corrected chi connectivity index (χ2v) is 10.7. The monoisotopic (exact) mass is 519 g/mol. The van der Waals surface area contributed by atoms with Crippen LogP contribution in [0.3, 0.4) is 0 Å². The van der Waals surface area contributed by atoms with Crippen molar-refractivity contribution in [3.63, 3.8) is 0 Å². The average molecular weight is 520 g/mol. The van der Waals surface area contributed by atoms with Crippen LogP contribution in [0.25, 0.3) is 0 Å². The van der Waals surface area contributed by atoms with Crippen LogP contribution in [-0.4, -0.2) is 53.4 Å². The molecule has 2 N–H and O–H groups in total. The highest BCUT2D eigenvalue weighted by Crippen LogP contribution is 2.47. The van der Waals surface area contributed by atoms with Crippen molar-refractivity contribution in [1.29, 1.82) is 0 Å². The Kier molecular flexibility index (Phi) is 7.16. The average Bonchev–Trinajstić information content (AvgIpc) is 3.49. The lowest BCUT2D eigenvalue weighted by atomic mass is 9.72. The number of halogens is 1. The molecule has 3 aromatic carbocycles. The molecule has 1 amide bonds. The van der Waals surface area contributed by atoms with Gasteiger partial charge in [-0.25, -0.2) is 4.39 Å². The minimum absolute atomic E-state index is 0.00721. The van der Waals surface area contributed by atoms with E-state index in [4.69, 9.17) is 9.47 Å². The lowest BCUT2D eigenvalue weighted by molar-refractivity contribution is -0.140. The van der Waals surface area contributed by atoms with E-state index in [9.17, 15) is 19.4 Å². The van der Waals surface area contributed by atoms with Crippen LogP contribution in [-0.2, 0) is 17.6 Å². The number of likely N-dealkylation sites (tertiary alicyclic amines) is 1. The highest BCUT2D eigenvalue weighted by molar-refractivity contribution is 5.82. The summed E-state index contributed by atoms with van der Waals surface area (Å²) in [6, 6.07) is 19.4. The Morgan fingerprint density at radius 2 is 1.68 bits per heavy atom. The van der Waals surface area contributed by atoms with Crippen molar-refractivity contribution in [1.82, 2.24) is 4.90 Å². The third-order valence-electron chi connectivity index (χ3n) is 8.31. The number of carbonyl (C=O) groups excluding carboxylic acids is 1. The summed E-state index contributed by atoms with van der Waals surface area (Å²) >= 11 is 0. The molecule has 1 aliphatic carbocycles. The van der Waals surface area contributed by atoms with Crippen LogP contribution in [0.2, 0.25) is 0 Å². The Bertz CT molecular complexity index is 1280. The van der Waals surface area contributed by atoms with Crippen LogP contribution in [0.15, 0.2) is 66.7 Å². The number of hydrogen-bond donors (Lipinski definition) is 2. The third kappa shape index (κ3) is 4.88. The van der Waals surface area contributed by atoms with Crippen molar-refractivity contribution < 1.29 is 28.9 Å². The molecule has 38 heavy (non-hydrogen) atoms. The summed E-state index contributed by atoms with van der Waals surface area (Å²) < 4.78 is 25.4. The van der Waals surface area contributed by atoms with Gasteiger partial charge in [-0.1, -0.05) is 49.4 Å². The topological polar surface area (TPSA) is 79.2 Å². The van der Waals surface area contributed by atoms with E-state index in [1.54, 1.807) is 18.9 Å². The predicted molar refractivity (Wildman–Crippen MR) is 142 cm³/mol. The molecule has 1 unspecified atom stereocenters. The summed E-state index contributed by atoms with van der Waals surface area (Å²) in [5, 5.41) is 21.6. The first-order valence-corrected chi connectivity index (χ1v) is 13.0. The molecule has 3 aromatic rings. The second-order valence-electron chi connectivity index (χ2n) is 10.7. The molecule has 4 atom stereocenters. The molecule has 0 spiro atoms. The number of aliphatic hydroxyl groups excluding tert-OH is 2. The maximum absolute atomic E-state index is 13.3. The first-order valence-electron chi connectivity index (χ1n) is 13.0. The molecule has 2 aliphatic rings. The van der Waals surface area contributed by atoms with Crippen LogP contribution < -0.4 is 9.47 Å². The van der Waals surface area contributed by atoms with Gasteiger partial charge in [-0.2, -0.15) is 0 Å². The number of hydrogen-bond acceptors (Lipinski definition) is 5. The number of nitrogens with zero attached hydrogens (tertiary/aromatic N) is 1. The fraction of sp³-hybridized carbons (Fsp3) is 0.387. The van der Waals surface area contributed by atoms with E-state index in [0.717, 1.165) is 18.4 Å². The fourth-order valence-electron chi connectivity index (χ4n) is 5.84. The van der Waals surface area contributed by atoms with Crippen molar-refractivity contribution in [3.05, 3.63) is 94.8 Å². The van der Waals surface area contributed by atoms with E-state index in [-0.39, 0.29) is 18.6 Å². The van der Waals surface area contributed by atoms with E-state index in [0.29, 0.717) is 23.6 Å². The number of methoxy groups -OCH3 is 1. The number of benzene rings is 3. The highest BCUT2D eigenvalue weighted by Gasteiger charge is 2.49. The molecule has 0 saturated carbocycles. The number of fused-ring (bicyclic) bond motifs is 1. The summed E-state index contributed by atoms with van der Waals surface area (Å²) in [4.78, 5) is 14.9. The van der Waals surface area contributed by atoms with Crippen molar-refractivity contribution in [3.8, 4) is 11.5 Å². The van der Waals surface area contributed by atoms with Gasteiger partial charge in [0.05, 0.1) is 13.2 Å². The first-order chi connectivity index (χ1) is 18.2. The van der Waals surface area contributed by atoms with Gasteiger partial charge >= 0.3 is 0 Å². The zero-order valence-corrected chi connectivity index (χ0v) is 21.9. The quantitative estimate of drug-likeness (QED) is 0.483. The zero-order chi connectivity index (χ0) is 27.0. The predicted octanol–water partition coefficient (Wildman–Crippen LogP) is 4.43. The number of rotatable bonds is 7. The Hall–Kier alpha value is -3.42. The van der Waals surface area contributed by atoms with Crippen molar-refractivity contribution >= 4 is 5.91 Å². The molecule has 0 bridgehead atoms. The molecule has 1 heterocycles. The van der Waals surface area contributed by atoms with Gasteiger partial charge in [0.25, 0.3) is 5.91 Å². The number of carbonyl (C=O) groups is 1. The van der Waals surface area contributed by atoms with Gasteiger partial charge in [-0.3, -0.25) is 4.79 Å². The van der Waals surface area contributed by atoms with E-state index >= 15 is 0 Å². The van der Waals surface area contributed by atoms with E-state index < -0.39 is 29.3 Å². The molecule has 6 nitrogen and oxygen atoms in total. The van der Waals surface area contributed by atoms with Gasteiger partial charge in [-0.15, -0.1) is 0 Å². The number of ether oxygens (including phenoxy) is 2. The second kappa shape index (κ2) is 10.4. The van der Waals surface area contributed by atoms with Crippen molar-refractivity contribution in [2.75, 3.05) is 20.2 Å². The van der Waals surface area contributed by atoms with Gasteiger partial charge < -0.3 is 24.6 Å². The van der Waals surface area contributed by atoms with E-state index in [1.165, 1.54) is 35.4 Å². The smallest absolute Gasteiger partial charge is 0.256 e. The molecule has 5 rings (SSSR count). The van der Waals surface area contributed by atoms with Crippen LogP contribution in [0.4, 0.5) is 4.39 Å². The molecule has 1 aliphatic heterocycles. The van der Waals surface area contributed by atoms with Crippen LogP contribution in [0, 0.1) is 11.2 Å². The summed E-state index contributed by atoms with van der Waals surface area (Å²) in [7, 11) is 1.61. The van der Waals surface area contributed by atoms with Gasteiger partial charge in [-0.05, 0) is 53.4 Å². The molecule has 1 saturated heterocycles. The summed E-state index contributed by atoms with van der Waals surface area (Å²) in [6.45, 7) is 4.28. The van der Waals surface area contributed by atoms with Crippen molar-refractivity contribution in [2.24, 2.45) is 5.41 Å². The molecule has 7 heteroatoms. The molecule has 1 fully saturated rings. The zero-order valence-electron chi connectivity index (χ0n) is 21.9. The SMILES string of the molecule is COc1ccc([C@@H]2CN(C(=O)C(O)c3ccc(F)cc3)C[C@@]2(C)[C@@H](C)O)cc1OC1Cc2ccccc2C1. The van der Waals surface area contributed by atoms with E-state index in [2.05, 4.69) is 12.1 Å². The molecular formula is C31H34FNO5. The van der Waals surface area contributed by atoms with Gasteiger partial charge in [0, 0.05) is 37.3 Å². The molecule has 0 aromatic heterocycles. The Morgan fingerprint density at radius 1 is 1.03 bits per heavy atom. The molecule has 200 valence electrons. The standard InChI is InChI=1S/C31H34FNO5/c1-19(34)31(2)18-33(30(36)29(35)20-8-11-24(32)12-9-20)17-26(31)23-10-13-27(37-3)28(16-23)38-25-14-21-6-4-5-7-22(21)15-25/h4-13,16,19,25-26,29,34-35H,14-15,17-18H2,1-3H3/t19-,26+,29?,31+/m1/s1. The van der Waals surface area contributed by atoms with Gasteiger partial charge in [0.15, 0.2) is 17.6 Å². The third-order valence-corrected chi connectivity index (χ3v) is 8.31. The van der Waals surface area contributed by atoms with Crippen LogP contribution >= 0.6 is 0 Å². The largest absolute Gasteiger partial charge is 0.493 e. The lowest BCUT2D eigenvalue weighted by Crippen LogP contribution is -2.39. The first kappa shape index (κ1) is 26.2. The van der Waals surface area contributed by atoms with Crippen LogP contribution in [0.5, 0.6) is 11.5 Å². The number of amides is 1. The normalized spacial score (nSPS) is 22.7. The summed E-state index contributed by atoms with van der Waals surface area (Å²) in [5.41, 5.74) is 3.17.